The van der Waals surface area contributed by atoms with Crippen LogP contribution in [-0.4, -0.2) is 39.9 Å². The number of ether oxygens (including phenoxy) is 2. The highest BCUT2D eigenvalue weighted by molar-refractivity contribution is 6.29. The molecule has 1 N–H and O–H groups in total. The fraction of sp³-hybridized carbons (Fsp3) is 0.353. The molecule has 1 fully saturated rings. The topological polar surface area (TPSA) is 81.5 Å². The van der Waals surface area contributed by atoms with Crippen LogP contribution in [0.2, 0.25) is 5.15 Å². The number of esters is 1. The Labute approximate surface area is 144 Å². The molecule has 0 spiro atoms. The second-order valence-electron chi connectivity index (χ2n) is 5.93. The molecule has 7 heteroatoms. The molecule has 0 atom stereocenters. The minimum absolute atomic E-state index is 0.115. The van der Waals surface area contributed by atoms with Crippen LogP contribution in [0.5, 0.6) is 5.88 Å². The van der Waals surface area contributed by atoms with E-state index in [-0.39, 0.29) is 30.3 Å². The highest BCUT2D eigenvalue weighted by Crippen LogP contribution is 2.38. The molecule has 0 aliphatic heterocycles. The van der Waals surface area contributed by atoms with Gasteiger partial charge in [-0.25, -0.2) is 14.8 Å². The highest BCUT2D eigenvalue weighted by atomic mass is 35.5. The number of hydrogen-bond acceptors (Lipinski definition) is 6. The SMILES string of the molecule is O=C(OCC1CC(O)(COc2cc(Cl)ncn2)C1)c1ccccc1. The lowest BCUT2D eigenvalue weighted by atomic mass is 9.72. The van der Waals surface area contributed by atoms with Crippen molar-refractivity contribution in [3.05, 3.63) is 53.4 Å². The van der Waals surface area contributed by atoms with Crippen LogP contribution in [-0.2, 0) is 4.74 Å². The summed E-state index contributed by atoms with van der Waals surface area (Å²) in [5.41, 5.74) is -0.405. The van der Waals surface area contributed by atoms with Gasteiger partial charge in [0.15, 0.2) is 0 Å². The van der Waals surface area contributed by atoms with E-state index in [0.717, 1.165) is 0 Å². The van der Waals surface area contributed by atoms with Gasteiger partial charge >= 0.3 is 5.97 Å². The molecule has 1 aliphatic rings. The molecule has 2 aromatic rings. The van der Waals surface area contributed by atoms with Crippen molar-refractivity contribution in [3.8, 4) is 5.88 Å². The second kappa shape index (κ2) is 7.15. The van der Waals surface area contributed by atoms with Gasteiger partial charge < -0.3 is 14.6 Å². The third-order valence-corrected chi connectivity index (χ3v) is 4.10. The van der Waals surface area contributed by atoms with E-state index in [1.165, 1.54) is 12.4 Å². The summed E-state index contributed by atoms with van der Waals surface area (Å²) in [5.74, 6) is 0.0977. The average molecular weight is 349 g/mol. The van der Waals surface area contributed by atoms with Crippen LogP contribution >= 0.6 is 11.6 Å². The van der Waals surface area contributed by atoms with Crippen LogP contribution < -0.4 is 4.74 Å². The van der Waals surface area contributed by atoms with E-state index in [0.29, 0.717) is 24.3 Å². The zero-order chi connectivity index (χ0) is 17.0. The largest absolute Gasteiger partial charge is 0.474 e. The zero-order valence-electron chi connectivity index (χ0n) is 12.9. The summed E-state index contributed by atoms with van der Waals surface area (Å²) in [6, 6.07) is 10.3. The Balaban J connectivity index is 1.40. The normalized spacial score (nSPS) is 22.5. The minimum Gasteiger partial charge on any atom is -0.474 e. The van der Waals surface area contributed by atoms with Gasteiger partial charge in [0, 0.05) is 6.07 Å². The van der Waals surface area contributed by atoms with Crippen LogP contribution in [0.25, 0.3) is 0 Å². The number of benzene rings is 1. The first-order chi connectivity index (χ1) is 11.5. The predicted molar refractivity (Wildman–Crippen MR) is 86.9 cm³/mol. The minimum atomic E-state index is -0.929. The van der Waals surface area contributed by atoms with Crippen LogP contribution in [0.15, 0.2) is 42.7 Å². The average Bonchev–Trinajstić information content (AvgIpc) is 2.57. The number of carbonyl (C=O) groups is 1. The smallest absolute Gasteiger partial charge is 0.338 e. The second-order valence-corrected chi connectivity index (χ2v) is 6.32. The van der Waals surface area contributed by atoms with Gasteiger partial charge in [-0.3, -0.25) is 0 Å². The maximum atomic E-state index is 11.9. The monoisotopic (exact) mass is 348 g/mol. The van der Waals surface area contributed by atoms with E-state index in [2.05, 4.69) is 9.97 Å². The summed E-state index contributed by atoms with van der Waals surface area (Å²) in [5, 5.41) is 10.6. The number of carbonyl (C=O) groups excluding carboxylic acids is 1. The number of aromatic nitrogens is 2. The molecule has 126 valence electrons. The van der Waals surface area contributed by atoms with Crippen molar-refractivity contribution < 1.29 is 19.4 Å². The van der Waals surface area contributed by atoms with E-state index in [9.17, 15) is 9.90 Å². The number of aliphatic hydroxyl groups is 1. The summed E-state index contributed by atoms with van der Waals surface area (Å²) in [7, 11) is 0. The lowest BCUT2D eigenvalue weighted by Crippen LogP contribution is -2.50. The van der Waals surface area contributed by atoms with Crippen molar-refractivity contribution in [1.29, 1.82) is 0 Å². The molecule has 1 aliphatic carbocycles. The molecule has 0 amide bonds. The van der Waals surface area contributed by atoms with Gasteiger partial charge in [-0.05, 0) is 30.9 Å². The number of halogens is 1. The maximum Gasteiger partial charge on any atom is 0.338 e. The van der Waals surface area contributed by atoms with Crippen molar-refractivity contribution in [1.82, 2.24) is 9.97 Å². The zero-order valence-corrected chi connectivity index (χ0v) is 13.6. The molecule has 3 rings (SSSR count). The fourth-order valence-electron chi connectivity index (χ4n) is 2.71. The molecule has 1 aromatic carbocycles. The van der Waals surface area contributed by atoms with Crippen molar-refractivity contribution in [3.63, 3.8) is 0 Å². The van der Waals surface area contributed by atoms with Gasteiger partial charge in [0.25, 0.3) is 0 Å². The van der Waals surface area contributed by atoms with Gasteiger partial charge in [0.05, 0.1) is 17.8 Å². The quantitative estimate of drug-likeness (QED) is 0.638. The van der Waals surface area contributed by atoms with E-state index in [1.54, 1.807) is 24.3 Å². The molecule has 0 radical (unpaired) electrons. The Hall–Kier alpha value is -2.18. The lowest BCUT2D eigenvalue weighted by Gasteiger charge is -2.42. The fourth-order valence-corrected chi connectivity index (χ4v) is 2.84. The Morgan fingerprint density at radius 3 is 2.75 bits per heavy atom. The molecular formula is C17H17ClN2O4. The number of rotatable bonds is 6. The van der Waals surface area contributed by atoms with E-state index < -0.39 is 5.60 Å². The first-order valence-electron chi connectivity index (χ1n) is 7.59. The molecule has 0 saturated heterocycles. The van der Waals surface area contributed by atoms with Gasteiger partial charge in [0.2, 0.25) is 5.88 Å². The summed E-state index contributed by atoms with van der Waals surface area (Å²) < 4.78 is 10.7. The van der Waals surface area contributed by atoms with Crippen molar-refractivity contribution in [2.75, 3.05) is 13.2 Å². The molecule has 6 nitrogen and oxygen atoms in total. The summed E-state index contributed by atoms with van der Waals surface area (Å²) in [6.07, 6.45) is 2.32. The van der Waals surface area contributed by atoms with Crippen molar-refractivity contribution in [2.45, 2.75) is 18.4 Å². The number of nitrogens with zero attached hydrogens (tertiary/aromatic N) is 2. The highest BCUT2D eigenvalue weighted by Gasteiger charge is 2.44. The van der Waals surface area contributed by atoms with Gasteiger partial charge in [-0.1, -0.05) is 29.8 Å². The first kappa shape index (κ1) is 16.7. The predicted octanol–water partition coefficient (Wildman–Crippen LogP) is 2.51. The Morgan fingerprint density at radius 2 is 2.04 bits per heavy atom. The van der Waals surface area contributed by atoms with Crippen LogP contribution in [0, 0.1) is 5.92 Å². The summed E-state index contributed by atoms with van der Waals surface area (Å²) in [4.78, 5) is 19.5. The van der Waals surface area contributed by atoms with Crippen molar-refractivity contribution >= 4 is 17.6 Å². The maximum absolute atomic E-state index is 11.9. The van der Waals surface area contributed by atoms with Gasteiger partial charge in [-0.15, -0.1) is 0 Å². The standard InChI is InChI=1S/C17H17ClN2O4/c18-14-6-15(20-11-19-14)24-10-17(22)7-12(8-17)9-23-16(21)13-4-2-1-3-5-13/h1-6,11-12,22H,7-10H2. The molecule has 24 heavy (non-hydrogen) atoms. The number of hydrogen-bond donors (Lipinski definition) is 1. The molecule has 0 unspecified atom stereocenters. The van der Waals surface area contributed by atoms with E-state index in [1.807, 2.05) is 6.07 Å². The van der Waals surface area contributed by atoms with Crippen LogP contribution in [0.4, 0.5) is 0 Å². The molecule has 1 aromatic heterocycles. The summed E-state index contributed by atoms with van der Waals surface area (Å²) in [6.45, 7) is 0.402. The molecular weight excluding hydrogens is 332 g/mol. The first-order valence-corrected chi connectivity index (χ1v) is 7.97. The van der Waals surface area contributed by atoms with E-state index in [4.69, 9.17) is 21.1 Å². The van der Waals surface area contributed by atoms with Gasteiger partial charge in [-0.2, -0.15) is 0 Å². The third kappa shape index (κ3) is 4.21. The van der Waals surface area contributed by atoms with Crippen LogP contribution in [0.1, 0.15) is 23.2 Å². The van der Waals surface area contributed by atoms with Gasteiger partial charge in [0.1, 0.15) is 18.1 Å². The Morgan fingerprint density at radius 1 is 1.29 bits per heavy atom. The Kier molecular flexibility index (Phi) is 4.97. The molecule has 1 heterocycles. The van der Waals surface area contributed by atoms with E-state index >= 15 is 0 Å². The lowest BCUT2D eigenvalue weighted by molar-refractivity contribution is -0.113. The van der Waals surface area contributed by atoms with Crippen LogP contribution in [0.3, 0.4) is 0 Å². The Bertz CT molecular complexity index is 705. The molecule has 0 bridgehead atoms. The summed E-state index contributed by atoms with van der Waals surface area (Å²) >= 11 is 5.75. The van der Waals surface area contributed by atoms with Crippen molar-refractivity contribution in [2.24, 2.45) is 5.92 Å². The molecule has 1 saturated carbocycles. The third-order valence-electron chi connectivity index (χ3n) is 3.89.